The Labute approximate surface area is 132 Å². The van der Waals surface area contributed by atoms with Crippen molar-refractivity contribution < 1.29 is 13.6 Å². The monoisotopic (exact) mass is 296 g/mol. The Morgan fingerprint density at radius 2 is 1.91 bits per heavy atom. The molecule has 0 N–H and O–H groups in total. The first kappa shape index (κ1) is 16.1. The molecule has 112 valence electrons. The van der Waals surface area contributed by atoms with E-state index in [2.05, 4.69) is 11.1 Å². The summed E-state index contributed by atoms with van der Waals surface area (Å²) in [5, 5.41) is 9.63. The lowest BCUT2D eigenvalue weighted by Gasteiger charge is -2.09. The number of nitrogens with zero attached hydrogens (tertiary/aromatic N) is 3. The van der Waals surface area contributed by atoms with Crippen LogP contribution in [0.25, 0.3) is 5.57 Å². The normalized spacial score (nSPS) is 19.0. The van der Waals surface area contributed by atoms with Crippen LogP contribution in [-0.4, -0.2) is 30.2 Å². The summed E-state index contributed by atoms with van der Waals surface area (Å²) in [5.41, 5.74) is 3.13. The van der Waals surface area contributed by atoms with Gasteiger partial charge in [0.1, 0.15) is 17.5 Å². The number of rotatable bonds is 3. The Morgan fingerprint density at radius 1 is 1.27 bits per heavy atom. The predicted octanol–water partition coefficient (Wildman–Crippen LogP) is 2.79. The molecule has 0 saturated heterocycles. The number of amidine groups is 1. The lowest BCUT2D eigenvalue weighted by Crippen LogP contribution is -2.24. The Morgan fingerprint density at radius 3 is 2.27 bits per heavy atom. The van der Waals surface area contributed by atoms with E-state index in [1.54, 1.807) is 4.58 Å². The molecule has 1 aromatic heterocycles. The number of nitriles is 1. The number of hydrogen-bond acceptors (Lipinski definition) is 4. The van der Waals surface area contributed by atoms with Gasteiger partial charge >= 0.3 is 8.05 Å². The van der Waals surface area contributed by atoms with Crippen LogP contribution in [0.5, 0.6) is 0 Å². The molecule has 1 aliphatic rings. The maximum Gasteiger partial charge on any atom is 0.379 e. The molecule has 0 spiro atoms. The number of aryl methyl sites for hydroxylation is 1. The number of furan rings is 1. The van der Waals surface area contributed by atoms with Crippen LogP contribution in [0, 0.1) is 32.1 Å². The summed E-state index contributed by atoms with van der Waals surface area (Å²) in [6, 6.07) is 2.17. The molecule has 0 aliphatic carbocycles. The zero-order valence-corrected chi connectivity index (χ0v) is 13.8. The van der Waals surface area contributed by atoms with E-state index < -0.39 is 0 Å². The second-order valence-corrected chi connectivity index (χ2v) is 5.48. The summed E-state index contributed by atoms with van der Waals surface area (Å²) >= 11 is 0. The molecule has 0 fully saturated rings. The standard InChI is InChI=1S/C16H19BN3O2/c1-8-9(2)15(21-12(8)5)14(7-18)16(22-17)20-11(4)10(3)19-13(20)6/h10H,1-6H3/q+1. The maximum atomic E-state index is 9.63. The zero-order chi connectivity index (χ0) is 16.6. The van der Waals surface area contributed by atoms with Crippen molar-refractivity contribution in [1.82, 2.24) is 0 Å². The topological polar surface area (TPSA) is 61.5 Å². The maximum absolute atomic E-state index is 9.63. The van der Waals surface area contributed by atoms with Gasteiger partial charge in [-0.25, -0.2) is 0 Å². The molecule has 2 rings (SSSR count). The summed E-state index contributed by atoms with van der Waals surface area (Å²) in [4.78, 5) is 4.47. The van der Waals surface area contributed by atoms with Gasteiger partial charge in [-0.15, -0.1) is 0 Å². The molecule has 2 radical (unpaired) electrons. The largest absolute Gasteiger partial charge is 0.539 e. The number of aliphatic imine (C=N–C) groups is 1. The molecule has 1 atom stereocenters. The van der Waals surface area contributed by atoms with Crippen molar-refractivity contribution in [2.75, 3.05) is 0 Å². The third-order valence-corrected chi connectivity index (χ3v) is 4.22. The highest BCUT2D eigenvalue weighted by molar-refractivity contribution is 6.00. The number of hydrogen-bond donors (Lipinski definition) is 0. The summed E-state index contributed by atoms with van der Waals surface area (Å²) in [5.74, 6) is 2.23. The molecule has 0 bridgehead atoms. The van der Waals surface area contributed by atoms with Crippen molar-refractivity contribution in [2.45, 2.75) is 47.6 Å². The van der Waals surface area contributed by atoms with Gasteiger partial charge in [0.2, 0.25) is 0 Å². The van der Waals surface area contributed by atoms with Gasteiger partial charge in [0.05, 0.1) is 0 Å². The van der Waals surface area contributed by atoms with Crippen molar-refractivity contribution in [3.05, 3.63) is 28.5 Å². The minimum atomic E-state index is 0.0197. The van der Waals surface area contributed by atoms with Gasteiger partial charge in [-0.2, -0.15) is 9.84 Å². The van der Waals surface area contributed by atoms with Crippen molar-refractivity contribution in [2.24, 2.45) is 4.99 Å². The first-order valence-electron chi connectivity index (χ1n) is 7.09. The summed E-state index contributed by atoms with van der Waals surface area (Å²) in [6.45, 7) is 11.5. The van der Waals surface area contributed by atoms with E-state index in [4.69, 9.17) is 17.1 Å². The van der Waals surface area contributed by atoms with E-state index in [1.165, 1.54) is 0 Å². The zero-order valence-electron chi connectivity index (χ0n) is 13.8. The van der Waals surface area contributed by atoms with E-state index >= 15 is 0 Å². The third-order valence-electron chi connectivity index (χ3n) is 4.22. The molecule has 0 amide bonds. The molecule has 1 aromatic rings. The summed E-state index contributed by atoms with van der Waals surface area (Å²) in [6.07, 6.45) is 0. The quantitative estimate of drug-likeness (QED) is 0.373. The van der Waals surface area contributed by atoms with Gasteiger partial charge in [-0.3, -0.25) is 0 Å². The van der Waals surface area contributed by atoms with Gasteiger partial charge in [0.25, 0.3) is 11.7 Å². The lowest BCUT2D eigenvalue weighted by molar-refractivity contribution is -0.380. The van der Waals surface area contributed by atoms with Gasteiger partial charge in [-0.05, 0) is 45.7 Å². The SMILES string of the molecule is [B]OC(=C(C#N)c1oc(C)c(C)c1C)[N+]1=C(C)C(C)N=C1C. The fourth-order valence-electron chi connectivity index (χ4n) is 2.58. The van der Waals surface area contributed by atoms with Gasteiger partial charge in [-0.1, -0.05) is 4.99 Å². The van der Waals surface area contributed by atoms with Crippen LogP contribution in [0.3, 0.4) is 0 Å². The van der Waals surface area contributed by atoms with Crippen molar-refractivity contribution in [1.29, 1.82) is 5.26 Å². The molecule has 6 heteroatoms. The van der Waals surface area contributed by atoms with Crippen molar-refractivity contribution in [3.63, 3.8) is 0 Å². The summed E-state index contributed by atoms with van der Waals surface area (Å²) < 4.78 is 12.6. The average Bonchev–Trinajstić information content (AvgIpc) is 2.88. The Balaban J connectivity index is 2.74. The van der Waals surface area contributed by atoms with Crippen LogP contribution in [0.4, 0.5) is 0 Å². The predicted molar refractivity (Wildman–Crippen MR) is 85.8 cm³/mol. The minimum Gasteiger partial charge on any atom is -0.539 e. The van der Waals surface area contributed by atoms with E-state index in [9.17, 15) is 5.26 Å². The minimum absolute atomic E-state index is 0.0197. The first-order valence-corrected chi connectivity index (χ1v) is 7.09. The second-order valence-electron chi connectivity index (χ2n) is 5.48. The first-order chi connectivity index (χ1) is 10.3. The van der Waals surface area contributed by atoms with E-state index in [1.807, 2.05) is 41.5 Å². The van der Waals surface area contributed by atoms with Crippen LogP contribution in [-0.2, 0) is 4.65 Å². The fraction of sp³-hybridized carbons (Fsp3) is 0.438. The van der Waals surface area contributed by atoms with E-state index in [0.29, 0.717) is 5.76 Å². The molecule has 2 heterocycles. The van der Waals surface area contributed by atoms with Gasteiger partial charge in [0.15, 0.2) is 17.4 Å². The molecular weight excluding hydrogens is 277 g/mol. The van der Waals surface area contributed by atoms with Crippen LogP contribution in [0.2, 0.25) is 0 Å². The molecule has 0 saturated carbocycles. The highest BCUT2D eigenvalue weighted by atomic mass is 16.4. The molecular formula is C16H19BN3O2+. The molecule has 1 unspecified atom stereocenters. The van der Waals surface area contributed by atoms with Crippen LogP contribution < -0.4 is 0 Å². The van der Waals surface area contributed by atoms with Crippen LogP contribution in [0.1, 0.15) is 43.4 Å². The molecule has 22 heavy (non-hydrogen) atoms. The van der Waals surface area contributed by atoms with Crippen LogP contribution in [0.15, 0.2) is 15.3 Å². The van der Waals surface area contributed by atoms with Gasteiger partial charge < -0.3 is 9.07 Å². The van der Waals surface area contributed by atoms with Crippen LogP contribution >= 0.6 is 0 Å². The molecule has 5 nitrogen and oxygen atoms in total. The Bertz CT molecular complexity index is 763. The summed E-state index contributed by atoms with van der Waals surface area (Å²) in [7, 11) is 5.47. The smallest absolute Gasteiger partial charge is 0.379 e. The Kier molecular flexibility index (Phi) is 4.27. The van der Waals surface area contributed by atoms with Gasteiger partial charge in [0, 0.05) is 6.92 Å². The number of allylic oxidation sites excluding steroid dienone is 1. The highest BCUT2D eigenvalue weighted by Gasteiger charge is 2.34. The van der Waals surface area contributed by atoms with Crippen molar-refractivity contribution >= 4 is 25.2 Å². The molecule has 0 aromatic carbocycles. The highest BCUT2D eigenvalue weighted by Crippen LogP contribution is 2.30. The lowest BCUT2D eigenvalue weighted by atomic mass is 10.1. The molecule has 1 aliphatic heterocycles. The Hall–Kier alpha value is -2.29. The fourth-order valence-corrected chi connectivity index (χ4v) is 2.58. The average molecular weight is 296 g/mol. The van der Waals surface area contributed by atoms with Crippen molar-refractivity contribution in [3.8, 4) is 6.07 Å². The van der Waals surface area contributed by atoms with E-state index in [0.717, 1.165) is 28.4 Å². The second kappa shape index (κ2) is 5.84. The van der Waals surface area contributed by atoms with E-state index in [-0.39, 0.29) is 17.5 Å². The third kappa shape index (κ3) is 2.37.